The average Bonchev–Trinajstić information content (AvgIpc) is 2.76. The van der Waals surface area contributed by atoms with Crippen LogP contribution >= 0.6 is 11.8 Å². The Kier molecular flexibility index (Phi) is 2.86. The third-order valence-electron chi connectivity index (χ3n) is 2.30. The number of aromatic amines is 1. The minimum atomic E-state index is 0.129. The summed E-state index contributed by atoms with van der Waals surface area (Å²) in [5, 5.41) is 0.129. The Morgan fingerprint density at radius 2 is 2.60 bits per heavy atom. The molecule has 0 aliphatic carbocycles. The molecule has 3 nitrogen and oxygen atoms in total. The van der Waals surface area contributed by atoms with E-state index in [9.17, 15) is 4.79 Å². The largest absolute Gasteiger partial charge is 0.363 e. The number of hydrogen-bond donors (Lipinski definition) is 1. The molecular formula is C11H14N2OS. The van der Waals surface area contributed by atoms with Gasteiger partial charge in [-0.15, -0.1) is 11.8 Å². The van der Waals surface area contributed by atoms with Gasteiger partial charge in [0.25, 0.3) is 0 Å². The van der Waals surface area contributed by atoms with Crippen LogP contribution in [0.2, 0.25) is 0 Å². The first-order valence-corrected chi connectivity index (χ1v) is 5.92. The first kappa shape index (κ1) is 10.4. The average molecular weight is 222 g/mol. The predicted molar refractivity (Wildman–Crippen MR) is 62.5 cm³/mol. The zero-order valence-electron chi connectivity index (χ0n) is 8.69. The van der Waals surface area contributed by atoms with Crippen molar-refractivity contribution < 1.29 is 4.79 Å². The molecular weight excluding hydrogens is 208 g/mol. The third-order valence-corrected chi connectivity index (χ3v) is 3.53. The fourth-order valence-corrected chi connectivity index (χ4v) is 2.84. The highest BCUT2D eigenvalue weighted by atomic mass is 32.2. The molecule has 1 aromatic rings. The maximum absolute atomic E-state index is 11.7. The third kappa shape index (κ3) is 2.09. The zero-order valence-corrected chi connectivity index (χ0v) is 9.51. The van der Waals surface area contributed by atoms with Crippen LogP contribution in [0, 0.1) is 0 Å². The molecule has 1 fully saturated rings. The van der Waals surface area contributed by atoms with Crippen LogP contribution in [0.5, 0.6) is 0 Å². The van der Waals surface area contributed by atoms with Gasteiger partial charge in [-0.2, -0.15) is 0 Å². The van der Waals surface area contributed by atoms with Crippen LogP contribution < -0.4 is 0 Å². The summed E-state index contributed by atoms with van der Waals surface area (Å²) < 4.78 is 0. The summed E-state index contributed by atoms with van der Waals surface area (Å²) in [7, 11) is 0. The number of aromatic nitrogens is 1. The number of nitrogens with one attached hydrogen (secondary N) is 1. The van der Waals surface area contributed by atoms with Crippen LogP contribution in [-0.2, 0) is 4.79 Å². The molecule has 1 amide bonds. The van der Waals surface area contributed by atoms with Crippen LogP contribution in [0.15, 0.2) is 30.5 Å². The van der Waals surface area contributed by atoms with Gasteiger partial charge in [-0.05, 0) is 19.1 Å². The first-order valence-electron chi connectivity index (χ1n) is 4.87. The maximum atomic E-state index is 11.7. The molecule has 0 aromatic carbocycles. The first-order chi connectivity index (χ1) is 7.18. The number of H-pyrrole nitrogens is 1. The van der Waals surface area contributed by atoms with E-state index < -0.39 is 0 Å². The molecule has 2 rings (SSSR count). The SMILES string of the molecule is C=C(C)CN1C(=O)CSC1c1ccc[nH]1. The summed E-state index contributed by atoms with van der Waals surface area (Å²) in [5.74, 6) is 0.763. The lowest BCUT2D eigenvalue weighted by molar-refractivity contribution is -0.127. The van der Waals surface area contributed by atoms with Crippen molar-refractivity contribution in [2.45, 2.75) is 12.3 Å². The van der Waals surface area contributed by atoms with E-state index in [1.54, 1.807) is 11.8 Å². The predicted octanol–water partition coefficient (Wildman–Crippen LogP) is 2.16. The second kappa shape index (κ2) is 4.14. The van der Waals surface area contributed by atoms with Crippen molar-refractivity contribution in [1.29, 1.82) is 0 Å². The summed E-state index contributed by atoms with van der Waals surface area (Å²) in [6, 6.07) is 3.97. The second-order valence-electron chi connectivity index (χ2n) is 3.77. The van der Waals surface area contributed by atoms with E-state index in [1.165, 1.54) is 0 Å². The molecule has 1 N–H and O–H groups in total. The fraction of sp³-hybridized carbons (Fsp3) is 0.364. The Morgan fingerprint density at radius 1 is 1.80 bits per heavy atom. The van der Waals surface area contributed by atoms with Crippen molar-refractivity contribution in [2.24, 2.45) is 0 Å². The smallest absolute Gasteiger partial charge is 0.234 e. The molecule has 1 unspecified atom stereocenters. The lowest BCUT2D eigenvalue weighted by atomic mass is 10.3. The van der Waals surface area contributed by atoms with Gasteiger partial charge >= 0.3 is 0 Å². The maximum Gasteiger partial charge on any atom is 0.234 e. The molecule has 1 aromatic heterocycles. The lowest BCUT2D eigenvalue weighted by Gasteiger charge is -2.23. The summed E-state index contributed by atoms with van der Waals surface area (Å²) in [5.41, 5.74) is 2.11. The van der Waals surface area contributed by atoms with E-state index in [0.717, 1.165) is 11.3 Å². The van der Waals surface area contributed by atoms with Gasteiger partial charge in [-0.3, -0.25) is 4.79 Å². The number of thioether (sulfide) groups is 1. The van der Waals surface area contributed by atoms with Crippen LogP contribution in [0.3, 0.4) is 0 Å². The molecule has 0 spiro atoms. The number of carbonyl (C=O) groups is 1. The summed E-state index contributed by atoms with van der Waals surface area (Å²) >= 11 is 1.66. The van der Waals surface area contributed by atoms with Gasteiger partial charge in [0.05, 0.1) is 5.75 Å². The Hall–Kier alpha value is -1.16. The number of rotatable bonds is 3. The van der Waals surface area contributed by atoms with Gasteiger partial charge in [0.15, 0.2) is 0 Å². The molecule has 1 atom stereocenters. The van der Waals surface area contributed by atoms with Crippen molar-refractivity contribution >= 4 is 17.7 Å². The summed E-state index contributed by atoms with van der Waals surface area (Å²) in [6.07, 6.45) is 1.89. The summed E-state index contributed by atoms with van der Waals surface area (Å²) in [4.78, 5) is 16.7. The van der Waals surface area contributed by atoms with Crippen LogP contribution in [0.4, 0.5) is 0 Å². The standard InChI is InChI=1S/C11H14N2OS/c1-8(2)6-13-10(14)7-15-11(13)9-4-3-5-12-9/h3-5,11-12H,1,6-7H2,2H3. The Labute approximate surface area is 93.5 Å². The highest BCUT2D eigenvalue weighted by Gasteiger charge is 2.32. The normalized spacial score (nSPS) is 21.0. The van der Waals surface area contributed by atoms with Gasteiger partial charge in [-0.1, -0.05) is 12.2 Å². The highest BCUT2D eigenvalue weighted by molar-refractivity contribution is 8.00. The van der Waals surface area contributed by atoms with Crippen molar-refractivity contribution in [3.8, 4) is 0 Å². The molecule has 0 bridgehead atoms. The second-order valence-corrected chi connectivity index (χ2v) is 4.84. The molecule has 0 radical (unpaired) electrons. The quantitative estimate of drug-likeness (QED) is 0.796. The van der Waals surface area contributed by atoms with Crippen LogP contribution in [0.1, 0.15) is 18.0 Å². The van der Waals surface area contributed by atoms with Crippen LogP contribution in [-0.4, -0.2) is 28.1 Å². The van der Waals surface area contributed by atoms with Gasteiger partial charge < -0.3 is 9.88 Å². The molecule has 80 valence electrons. The molecule has 4 heteroatoms. The van der Waals surface area contributed by atoms with E-state index in [2.05, 4.69) is 11.6 Å². The molecule has 1 saturated heterocycles. The van der Waals surface area contributed by atoms with Gasteiger partial charge in [-0.25, -0.2) is 0 Å². The van der Waals surface area contributed by atoms with Gasteiger partial charge in [0, 0.05) is 18.4 Å². The molecule has 1 aliphatic heterocycles. The van der Waals surface area contributed by atoms with Crippen molar-refractivity contribution in [3.05, 3.63) is 36.2 Å². The number of amides is 1. The molecule has 2 heterocycles. The van der Waals surface area contributed by atoms with E-state index in [0.29, 0.717) is 12.3 Å². The van der Waals surface area contributed by atoms with Gasteiger partial charge in [0.1, 0.15) is 5.37 Å². The molecule has 0 saturated carbocycles. The van der Waals surface area contributed by atoms with E-state index in [1.807, 2.05) is 30.2 Å². The minimum Gasteiger partial charge on any atom is -0.363 e. The zero-order chi connectivity index (χ0) is 10.8. The van der Waals surface area contributed by atoms with E-state index in [4.69, 9.17) is 0 Å². The Bertz CT molecular complexity index is 372. The number of nitrogens with zero attached hydrogens (tertiary/aromatic N) is 1. The Morgan fingerprint density at radius 3 is 3.20 bits per heavy atom. The number of hydrogen-bond acceptors (Lipinski definition) is 2. The van der Waals surface area contributed by atoms with Crippen molar-refractivity contribution in [2.75, 3.05) is 12.3 Å². The fourth-order valence-electron chi connectivity index (χ4n) is 1.67. The highest BCUT2D eigenvalue weighted by Crippen LogP contribution is 2.37. The Balaban J connectivity index is 2.18. The minimum absolute atomic E-state index is 0.129. The molecule has 1 aliphatic rings. The topological polar surface area (TPSA) is 36.1 Å². The number of carbonyl (C=O) groups excluding carboxylic acids is 1. The molecule has 15 heavy (non-hydrogen) atoms. The van der Waals surface area contributed by atoms with Gasteiger partial charge in [0.2, 0.25) is 5.91 Å². The van der Waals surface area contributed by atoms with Crippen molar-refractivity contribution in [3.63, 3.8) is 0 Å². The monoisotopic (exact) mass is 222 g/mol. The van der Waals surface area contributed by atoms with Crippen LogP contribution in [0.25, 0.3) is 0 Å². The van der Waals surface area contributed by atoms with E-state index >= 15 is 0 Å². The lowest BCUT2D eigenvalue weighted by Crippen LogP contribution is -2.29. The summed E-state index contributed by atoms with van der Waals surface area (Å²) in [6.45, 7) is 6.45. The van der Waals surface area contributed by atoms with Crippen molar-refractivity contribution in [1.82, 2.24) is 9.88 Å². The van der Waals surface area contributed by atoms with E-state index in [-0.39, 0.29) is 11.3 Å².